The van der Waals surface area contributed by atoms with Crippen LogP contribution in [0.1, 0.15) is 88.2 Å². The predicted octanol–water partition coefficient (Wildman–Crippen LogP) is 17.6. The highest BCUT2D eigenvalue weighted by atomic mass is 15.1. The second kappa shape index (κ2) is 15.8. The fourth-order valence-corrected chi connectivity index (χ4v) is 14.5. The molecule has 5 aliphatic carbocycles. The van der Waals surface area contributed by atoms with Gasteiger partial charge in [-0.3, -0.25) is 0 Å². The van der Waals surface area contributed by atoms with Crippen LogP contribution in [0.3, 0.4) is 0 Å². The molecule has 0 N–H and O–H groups in total. The lowest BCUT2D eigenvalue weighted by atomic mass is 9.58. The molecule has 0 saturated heterocycles. The molecule has 14 rings (SSSR count). The Morgan fingerprint density at radius 1 is 0.443 bits per heavy atom. The van der Waals surface area contributed by atoms with Gasteiger partial charge >= 0.3 is 0 Å². The zero-order valence-corrected chi connectivity index (χ0v) is 40.5. The Bertz CT molecular complexity index is 3550. The fraction of sp³-hybridized carbons (Fsp3) is 0.188. The Hall–Kier alpha value is -7.48. The summed E-state index contributed by atoms with van der Waals surface area (Å²) in [5, 5.41) is 0. The number of nitrogens with zero attached hydrogens (tertiary/aromatic N) is 1. The van der Waals surface area contributed by atoms with E-state index in [1.54, 1.807) is 5.57 Å². The van der Waals surface area contributed by atoms with Crippen LogP contribution >= 0.6 is 0 Å². The number of anilines is 3. The van der Waals surface area contributed by atoms with Gasteiger partial charge in [0.2, 0.25) is 0 Å². The van der Waals surface area contributed by atoms with Crippen LogP contribution in [-0.4, -0.2) is 0 Å². The van der Waals surface area contributed by atoms with Gasteiger partial charge in [0.25, 0.3) is 0 Å². The molecule has 9 aromatic rings. The van der Waals surface area contributed by atoms with E-state index >= 15 is 0 Å². The minimum absolute atomic E-state index is 0.0335. The smallest absolute Gasteiger partial charge is 0.0719 e. The highest BCUT2D eigenvalue weighted by Gasteiger charge is 2.51. The number of hydrogen-bond donors (Lipinski definition) is 0. The summed E-state index contributed by atoms with van der Waals surface area (Å²) < 4.78 is 0. The Labute approximate surface area is 413 Å². The molecule has 0 heterocycles. The molecule has 0 amide bonds. The molecule has 0 aromatic heterocycles. The summed E-state index contributed by atoms with van der Waals surface area (Å²) in [6.45, 7) is 6.93. The Balaban J connectivity index is 0.961. The molecule has 3 atom stereocenters. The predicted molar refractivity (Wildman–Crippen MR) is 292 cm³/mol. The lowest BCUT2D eigenvalue weighted by molar-refractivity contribution is 0.284. The highest BCUT2D eigenvalue weighted by molar-refractivity contribution is 5.95. The lowest BCUT2D eigenvalue weighted by Crippen LogP contribution is -2.36. The molecule has 9 aromatic carbocycles. The van der Waals surface area contributed by atoms with Gasteiger partial charge in [-0.2, -0.15) is 0 Å². The average Bonchev–Trinajstić information content (AvgIpc) is 3.80. The molecular weight excluding hydrogens is 843 g/mol. The summed E-state index contributed by atoms with van der Waals surface area (Å²) in [6, 6.07) is 77.1. The standard InChI is InChI=1S/C69H57N/c1-44-23-33-61-51(38-44)25-26-52-39-45(2)24-34-62(52)69(61)64-21-10-7-17-58(64)59-32-31-56(43-66(59)69)70(55-16-11-15-50(42-55)48-13-5-4-6-14-48)54-29-27-49(28-30-54)57-19-12-22-65-67(57)60-18-8-9-20-63(60)68(65)36-35-47-37-46(3)40-53(68)41-47/h4-24,27-34,38-40,42-43,46-47H,25-26,35-37,41H2,1-3H3. The van der Waals surface area contributed by atoms with E-state index in [1.165, 1.54) is 126 Å². The second-order valence-corrected chi connectivity index (χ2v) is 21.3. The molecule has 2 spiro atoms. The third kappa shape index (κ3) is 6.03. The number of fused-ring (bicyclic) bond motifs is 17. The maximum atomic E-state index is 2.65. The van der Waals surface area contributed by atoms with Crippen molar-refractivity contribution >= 4 is 17.1 Å². The molecule has 1 fully saturated rings. The Kier molecular flexibility index (Phi) is 9.35. The molecule has 1 saturated carbocycles. The lowest BCUT2D eigenvalue weighted by Gasteiger charge is -2.45. The average molecular weight is 900 g/mol. The van der Waals surface area contributed by atoms with Gasteiger partial charge < -0.3 is 4.90 Å². The third-order valence-corrected chi connectivity index (χ3v) is 17.3. The Morgan fingerprint density at radius 3 is 1.83 bits per heavy atom. The van der Waals surface area contributed by atoms with Crippen molar-refractivity contribution in [1.29, 1.82) is 0 Å². The molecule has 338 valence electrons. The molecule has 1 nitrogen and oxygen atoms in total. The zero-order chi connectivity index (χ0) is 46.7. The van der Waals surface area contributed by atoms with Crippen LogP contribution in [0.4, 0.5) is 17.1 Å². The van der Waals surface area contributed by atoms with Crippen LogP contribution in [-0.2, 0) is 23.7 Å². The van der Waals surface area contributed by atoms with Crippen molar-refractivity contribution < 1.29 is 0 Å². The molecule has 0 aliphatic heterocycles. The number of benzene rings is 9. The van der Waals surface area contributed by atoms with Crippen LogP contribution in [0.15, 0.2) is 212 Å². The normalized spacial score (nSPS) is 19.6. The van der Waals surface area contributed by atoms with E-state index in [4.69, 9.17) is 0 Å². The molecule has 70 heavy (non-hydrogen) atoms. The van der Waals surface area contributed by atoms with Gasteiger partial charge in [0.15, 0.2) is 0 Å². The van der Waals surface area contributed by atoms with E-state index in [2.05, 4.69) is 232 Å². The maximum Gasteiger partial charge on any atom is 0.0719 e. The number of allylic oxidation sites excluding steroid dienone is 2. The van der Waals surface area contributed by atoms with Crippen molar-refractivity contribution in [2.45, 2.75) is 70.1 Å². The molecule has 1 heteroatoms. The van der Waals surface area contributed by atoms with Crippen LogP contribution in [0, 0.1) is 25.7 Å². The van der Waals surface area contributed by atoms with Crippen molar-refractivity contribution in [3.05, 3.63) is 267 Å². The topological polar surface area (TPSA) is 3.24 Å². The van der Waals surface area contributed by atoms with Crippen molar-refractivity contribution in [2.24, 2.45) is 11.8 Å². The fourth-order valence-electron chi connectivity index (χ4n) is 14.5. The van der Waals surface area contributed by atoms with Gasteiger partial charge in [0, 0.05) is 22.5 Å². The first-order valence-corrected chi connectivity index (χ1v) is 25.8. The largest absolute Gasteiger partial charge is 0.310 e. The quantitative estimate of drug-likeness (QED) is 0.156. The summed E-state index contributed by atoms with van der Waals surface area (Å²) in [5.74, 6) is 1.44. The van der Waals surface area contributed by atoms with Gasteiger partial charge in [-0.1, -0.05) is 193 Å². The van der Waals surface area contributed by atoms with Gasteiger partial charge in [0.1, 0.15) is 0 Å². The SMILES string of the molecule is Cc1ccc2c(c1)CCc1cc(C)ccc1C21c2ccccc2-c2ccc(N(c3ccc(-c4cccc5c4-c4ccccc4C54CCC5CC4=CC(C)C5)cc3)c3cccc(-c4ccccc4)c3)cc21. The summed E-state index contributed by atoms with van der Waals surface area (Å²) in [5.41, 5.74) is 29.1. The van der Waals surface area contributed by atoms with E-state index in [-0.39, 0.29) is 5.41 Å². The van der Waals surface area contributed by atoms with Crippen LogP contribution in [0.5, 0.6) is 0 Å². The molecule has 0 radical (unpaired) electrons. The Morgan fingerprint density at radius 2 is 1.06 bits per heavy atom. The van der Waals surface area contributed by atoms with Gasteiger partial charge in [-0.15, -0.1) is 0 Å². The van der Waals surface area contributed by atoms with Crippen LogP contribution < -0.4 is 4.90 Å². The van der Waals surface area contributed by atoms with E-state index in [0.29, 0.717) is 5.92 Å². The number of aryl methyl sites for hydroxylation is 4. The zero-order valence-electron chi connectivity index (χ0n) is 40.5. The van der Waals surface area contributed by atoms with Gasteiger partial charge in [-0.05, 0) is 190 Å². The minimum Gasteiger partial charge on any atom is -0.310 e. The monoisotopic (exact) mass is 899 g/mol. The van der Waals surface area contributed by atoms with Crippen LogP contribution in [0.25, 0.3) is 44.5 Å². The molecule has 5 aliphatic rings. The minimum atomic E-state index is -0.474. The number of hydrogen-bond acceptors (Lipinski definition) is 1. The summed E-state index contributed by atoms with van der Waals surface area (Å²) in [7, 11) is 0. The van der Waals surface area contributed by atoms with E-state index in [1.807, 2.05) is 0 Å². The van der Waals surface area contributed by atoms with E-state index in [0.717, 1.165) is 35.8 Å². The first-order chi connectivity index (χ1) is 34.4. The first-order valence-electron chi connectivity index (χ1n) is 25.8. The van der Waals surface area contributed by atoms with Crippen molar-refractivity contribution in [3.8, 4) is 44.5 Å². The summed E-state index contributed by atoms with van der Waals surface area (Å²) >= 11 is 0. The summed E-state index contributed by atoms with van der Waals surface area (Å²) in [4.78, 5) is 2.50. The van der Waals surface area contributed by atoms with Crippen LogP contribution in [0.2, 0.25) is 0 Å². The van der Waals surface area contributed by atoms with Gasteiger partial charge in [-0.25, -0.2) is 0 Å². The van der Waals surface area contributed by atoms with Gasteiger partial charge in [0.05, 0.1) is 5.41 Å². The second-order valence-electron chi connectivity index (χ2n) is 21.3. The number of rotatable bonds is 5. The summed E-state index contributed by atoms with van der Waals surface area (Å²) in [6.07, 6.45) is 9.74. The molecule has 2 bridgehead atoms. The van der Waals surface area contributed by atoms with Crippen molar-refractivity contribution in [2.75, 3.05) is 4.90 Å². The van der Waals surface area contributed by atoms with Crippen molar-refractivity contribution in [3.63, 3.8) is 0 Å². The highest BCUT2D eigenvalue weighted by Crippen LogP contribution is 2.63. The van der Waals surface area contributed by atoms with Crippen molar-refractivity contribution in [1.82, 2.24) is 0 Å². The maximum absolute atomic E-state index is 2.65. The first kappa shape index (κ1) is 41.5. The van der Waals surface area contributed by atoms with E-state index < -0.39 is 5.41 Å². The third-order valence-electron chi connectivity index (χ3n) is 17.3. The molecular formula is C69H57N. The van der Waals surface area contributed by atoms with E-state index in [9.17, 15) is 0 Å². The molecule has 3 unspecified atom stereocenters.